The molecule has 0 aliphatic heterocycles. The maximum atomic E-state index is 5.46. The molecular formula is C12H21N3O. The predicted octanol–water partition coefficient (Wildman–Crippen LogP) is 1.77. The van der Waals surface area contributed by atoms with E-state index in [9.17, 15) is 0 Å². The molecule has 4 nitrogen and oxygen atoms in total. The Morgan fingerprint density at radius 1 is 1.38 bits per heavy atom. The van der Waals surface area contributed by atoms with E-state index in [0.717, 1.165) is 38.2 Å². The normalized spacial score (nSPS) is 10.9. The highest BCUT2D eigenvalue weighted by atomic mass is 16.5. The van der Waals surface area contributed by atoms with Gasteiger partial charge in [0.15, 0.2) is 0 Å². The summed E-state index contributed by atoms with van der Waals surface area (Å²) in [6.07, 6.45) is 5.93. The number of aromatic nitrogens is 2. The predicted molar refractivity (Wildman–Crippen MR) is 64.1 cm³/mol. The zero-order valence-electron chi connectivity index (χ0n) is 10.1. The molecule has 1 heterocycles. The summed E-state index contributed by atoms with van der Waals surface area (Å²) < 4.78 is 5.46. The summed E-state index contributed by atoms with van der Waals surface area (Å²) in [5, 5.41) is 3.34. The third kappa shape index (κ3) is 6.48. The van der Waals surface area contributed by atoms with Gasteiger partial charge in [0.1, 0.15) is 6.33 Å². The maximum absolute atomic E-state index is 5.46. The van der Waals surface area contributed by atoms with E-state index in [1.807, 2.05) is 6.07 Å². The summed E-state index contributed by atoms with van der Waals surface area (Å²) in [4.78, 5) is 8.01. The lowest BCUT2D eigenvalue weighted by Gasteiger charge is -2.07. The Kier molecular flexibility index (Phi) is 6.69. The molecule has 0 unspecified atom stereocenters. The first-order valence-corrected chi connectivity index (χ1v) is 5.86. The Morgan fingerprint density at radius 3 is 2.94 bits per heavy atom. The number of ether oxygens (including phenoxy) is 1. The monoisotopic (exact) mass is 223 g/mol. The fourth-order valence-electron chi connectivity index (χ4n) is 1.31. The van der Waals surface area contributed by atoms with Gasteiger partial charge in [-0.05, 0) is 39.3 Å². The molecule has 0 bridgehead atoms. The fraction of sp³-hybridized carbons (Fsp3) is 0.667. The highest BCUT2D eigenvalue weighted by molar-refractivity contribution is 4.96. The first-order valence-electron chi connectivity index (χ1n) is 5.86. The molecule has 0 fully saturated rings. The lowest BCUT2D eigenvalue weighted by Crippen LogP contribution is -2.16. The van der Waals surface area contributed by atoms with Crippen LogP contribution in [0.1, 0.15) is 32.4 Å². The van der Waals surface area contributed by atoms with Crippen molar-refractivity contribution in [2.24, 2.45) is 0 Å². The zero-order chi connectivity index (χ0) is 11.6. The lowest BCUT2D eigenvalue weighted by molar-refractivity contribution is 0.0760. The minimum Gasteiger partial charge on any atom is -0.379 e. The van der Waals surface area contributed by atoms with Crippen molar-refractivity contribution >= 4 is 0 Å². The molecule has 0 aliphatic rings. The van der Waals surface area contributed by atoms with Crippen LogP contribution in [0.15, 0.2) is 18.6 Å². The van der Waals surface area contributed by atoms with Gasteiger partial charge in [0.05, 0.1) is 11.8 Å². The van der Waals surface area contributed by atoms with Gasteiger partial charge in [-0.25, -0.2) is 9.97 Å². The fourth-order valence-corrected chi connectivity index (χ4v) is 1.31. The molecule has 0 saturated carbocycles. The molecule has 90 valence electrons. The van der Waals surface area contributed by atoms with Gasteiger partial charge in [-0.2, -0.15) is 0 Å². The number of nitrogens with one attached hydrogen (secondary N) is 1. The average Bonchev–Trinajstić information content (AvgIpc) is 2.29. The molecule has 0 amide bonds. The molecule has 0 radical (unpaired) electrons. The maximum Gasteiger partial charge on any atom is 0.115 e. The number of nitrogens with zero attached hydrogens (tertiary/aromatic N) is 2. The van der Waals surface area contributed by atoms with Crippen molar-refractivity contribution in [2.75, 3.05) is 13.2 Å². The zero-order valence-corrected chi connectivity index (χ0v) is 10.1. The van der Waals surface area contributed by atoms with Crippen LogP contribution in [0.4, 0.5) is 0 Å². The van der Waals surface area contributed by atoms with Crippen molar-refractivity contribution in [3.8, 4) is 0 Å². The summed E-state index contributed by atoms with van der Waals surface area (Å²) in [7, 11) is 0. The number of hydrogen-bond donors (Lipinski definition) is 1. The molecular weight excluding hydrogens is 202 g/mol. The van der Waals surface area contributed by atoms with E-state index in [4.69, 9.17) is 4.74 Å². The van der Waals surface area contributed by atoms with Crippen LogP contribution < -0.4 is 5.32 Å². The molecule has 0 spiro atoms. The van der Waals surface area contributed by atoms with E-state index in [1.54, 1.807) is 12.5 Å². The second kappa shape index (κ2) is 8.19. The molecule has 4 heteroatoms. The van der Waals surface area contributed by atoms with Crippen LogP contribution in [-0.2, 0) is 11.3 Å². The molecule has 0 saturated heterocycles. The minimum atomic E-state index is 0.342. The quantitative estimate of drug-likeness (QED) is 0.682. The van der Waals surface area contributed by atoms with Crippen LogP contribution in [-0.4, -0.2) is 29.2 Å². The van der Waals surface area contributed by atoms with Crippen LogP contribution >= 0.6 is 0 Å². The molecule has 1 rings (SSSR count). The Labute approximate surface area is 97.5 Å². The van der Waals surface area contributed by atoms with Crippen molar-refractivity contribution in [3.05, 3.63) is 24.3 Å². The summed E-state index contributed by atoms with van der Waals surface area (Å²) in [6, 6.07) is 1.93. The van der Waals surface area contributed by atoms with Crippen LogP contribution in [0.5, 0.6) is 0 Å². The average molecular weight is 223 g/mol. The van der Waals surface area contributed by atoms with Gasteiger partial charge >= 0.3 is 0 Å². The van der Waals surface area contributed by atoms with Gasteiger partial charge in [-0.1, -0.05) is 0 Å². The second-order valence-corrected chi connectivity index (χ2v) is 4.00. The van der Waals surface area contributed by atoms with E-state index in [-0.39, 0.29) is 0 Å². The van der Waals surface area contributed by atoms with Gasteiger partial charge in [0, 0.05) is 19.3 Å². The highest BCUT2D eigenvalue weighted by Gasteiger charge is 1.94. The van der Waals surface area contributed by atoms with Crippen molar-refractivity contribution < 1.29 is 4.74 Å². The van der Waals surface area contributed by atoms with Crippen LogP contribution in [0.2, 0.25) is 0 Å². The van der Waals surface area contributed by atoms with Gasteiger partial charge in [0.25, 0.3) is 0 Å². The van der Waals surface area contributed by atoms with E-state index >= 15 is 0 Å². The molecule has 0 aliphatic carbocycles. The summed E-state index contributed by atoms with van der Waals surface area (Å²) >= 11 is 0. The Bertz CT molecular complexity index is 264. The SMILES string of the molecule is CC(C)OCCCCNCc1ccncn1. The summed E-state index contributed by atoms with van der Waals surface area (Å²) in [6.45, 7) is 6.80. The van der Waals surface area contributed by atoms with Crippen molar-refractivity contribution in [3.63, 3.8) is 0 Å². The van der Waals surface area contributed by atoms with E-state index in [1.165, 1.54) is 0 Å². The van der Waals surface area contributed by atoms with Crippen LogP contribution in [0.3, 0.4) is 0 Å². The van der Waals surface area contributed by atoms with Gasteiger partial charge in [-0.15, -0.1) is 0 Å². The lowest BCUT2D eigenvalue weighted by atomic mass is 10.3. The van der Waals surface area contributed by atoms with Gasteiger partial charge in [-0.3, -0.25) is 0 Å². The molecule has 0 aromatic carbocycles. The van der Waals surface area contributed by atoms with E-state index in [2.05, 4.69) is 29.1 Å². The Morgan fingerprint density at radius 2 is 2.25 bits per heavy atom. The molecule has 16 heavy (non-hydrogen) atoms. The van der Waals surface area contributed by atoms with Gasteiger partial charge in [0.2, 0.25) is 0 Å². The van der Waals surface area contributed by atoms with E-state index in [0.29, 0.717) is 6.10 Å². The second-order valence-electron chi connectivity index (χ2n) is 4.00. The summed E-state index contributed by atoms with van der Waals surface area (Å²) in [5.41, 5.74) is 1.04. The van der Waals surface area contributed by atoms with Crippen molar-refractivity contribution in [2.45, 2.75) is 39.3 Å². The first-order chi connectivity index (χ1) is 7.79. The number of hydrogen-bond acceptors (Lipinski definition) is 4. The summed E-state index contributed by atoms with van der Waals surface area (Å²) in [5.74, 6) is 0. The Balaban J connectivity index is 1.93. The molecule has 1 aromatic heterocycles. The first kappa shape index (κ1) is 13.1. The van der Waals surface area contributed by atoms with E-state index < -0.39 is 0 Å². The Hall–Kier alpha value is -1.00. The largest absolute Gasteiger partial charge is 0.379 e. The molecule has 1 N–H and O–H groups in total. The standard InChI is InChI=1S/C12H21N3O/c1-11(2)16-8-4-3-6-13-9-12-5-7-14-10-15-12/h5,7,10-11,13H,3-4,6,8-9H2,1-2H3. The topological polar surface area (TPSA) is 47.0 Å². The van der Waals surface area contributed by atoms with Crippen molar-refractivity contribution in [1.29, 1.82) is 0 Å². The van der Waals surface area contributed by atoms with Crippen LogP contribution in [0.25, 0.3) is 0 Å². The van der Waals surface area contributed by atoms with Gasteiger partial charge < -0.3 is 10.1 Å². The third-order valence-electron chi connectivity index (χ3n) is 2.15. The minimum absolute atomic E-state index is 0.342. The van der Waals surface area contributed by atoms with Crippen molar-refractivity contribution in [1.82, 2.24) is 15.3 Å². The number of unbranched alkanes of at least 4 members (excludes halogenated alkanes) is 1. The highest BCUT2D eigenvalue weighted by Crippen LogP contribution is 1.94. The molecule has 1 aromatic rings. The molecule has 0 atom stereocenters. The van der Waals surface area contributed by atoms with Crippen LogP contribution in [0, 0.1) is 0 Å². The third-order valence-corrected chi connectivity index (χ3v) is 2.15. The smallest absolute Gasteiger partial charge is 0.115 e. The number of rotatable bonds is 8.